The highest BCUT2D eigenvalue weighted by atomic mass is 16.4. The number of carbonyl (C=O) groups is 1. The van der Waals surface area contributed by atoms with Crippen LogP contribution in [-0.2, 0) is 10.2 Å². The molecule has 3 N–H and O–H groups in total. The molecule has 0 radical (unpaired) electrons. The quantitative estimate of drug-likeness (QED) is 0.857. The van der Waals surface area contributed by atoms with Crippen LogP contribution >= 0.6 is 0 Å². The van der Waals surface area contributed by atoms with Crippen LogP contribution in [-0.4, -0.2) is 16.6 Å². The van der Waals surface area contributed by atoms with E-state index in [1.165, 1.54) is 5.56 Å². The van der Waals surface area contributed by atoms with Crippen molar-refractivity contribution in [2.45, 2.75) is 57.9 Å². The molecule has 0 spiro atoms. The monoisotopic (exact) mass is 263 g/mol. The predicted octanol–water partition coefficient (Wildman–Crippen LogP) is 3.28. The Labute approximate surface area is 115 Å². The fourth-order valence-electron chi connectivity index (χ4n) is 2.24. The predicted molar refractivity (Wildman–Crippen MR) is 78.4 cm³/mol. The zero-order valence-electron chi connectivity index (χ0n) is 12.5. The molecule has 0 fully saturated rings. The van der Waals surface area contributed by atoms with Gasteiger partial charge in [-0.2, -0.15) is 0 Å². The van der Waals surface area contributed by atoms with Crippen LogP contribution in [0.4, 0.5) is 0 Å². The van der Waals surface area contributed by atoms with E-state index in [4.69, 9.17) is 10.8 Å². The summed E-state index contributed by atoms with van der Waals surface area (Å²) in [6, 6.07) is 8.14. The van der Waals surface area contributed by atoms with E-state index in [-0.39, 0.29) is 6.42 Å². The third-order valence-electron chi connectivity index (χ3n) is 4.14. The van der Waals surface area contributed by atoms with E-state index in [1.807, 2.05) is 32.9 Å². The lowest BCUT2D eigenvalue weighted by Crippen LogP contribution is -2.53. The highest BCUT2D eigenvalue weighted by Gasteiger charge is 2.41. The standard InChI is InChI=1S/C16H25NO2/c1-11(2)12-6-8-13(9-7-12)16(5,10-14(18)19)15(3,4)17/h6-9,11H,10,17H2,1-5H3,(H,18,19). The Balaban J connectivity index is 3.22. The summed E-state index contributed by atoms with van der Waals surface area (Å²) in [4.78, 5) is 11.2. The molecule has 0 aromatic heterocycles. The number of nitrogens with two attached hydrogens (primary N) is 1. The third kappa shape index (κ3) is 3.35. The minimum atomic E-state index is -0.825. The summed E-state index contributed by atoms with van der Waals surface area (Å²) < 4.78 is 0. The van der Waals surface area contributed by atoms with Crippen LogP contribution in [0.15, 0.2) is 24.3 Å². The molecule has 0 amide bonds. The van der Waals surface area contributed by atoms with Gasteiger partial charge in [0.25, 0.3) is 0 Å². The van der Waals surface area contributed by atoms with Crippen molar-refractivity contribution in [1.82, 2.24) is 0 Å². The average molecular weight is 263 g/mol. The minimum absolute atomic E-state index is 0.0253. The molecule has 1 atom stereocenters. The maximum absolute atomic E-state index is 11.2. The van der Waals surface area contributed by atoms with Crippen molar-refractivity contribution >= 4 is 5.97 Å². The average Bonchev–Trinajstić information content (AvgIpc) is 2.26. The molecule has 0 heterocycles. The number of carboxylic acid groups (broad SMARTS) is 1. The fourth-order valence-corrected chi connectivity index (χ4v) is 2.24. The fraction of sp³-hybridized carbons (Fsp3) is 0.562. The lowest BCUT2D eigenvalue weighted by molar-refractivity contribution is -0.139. The van der Waals surface area contributed by atoms with Crippen LogP contribution < -0.4 is 5.73 Å². The van der Waals surface area contributed by atoms with E-state index in [2.05, 4.69) is 26.0 Å². The summed E-state index contributed by atoms with van der Waals surface area (Å²) >= 11 is 0. The van der Waals surface area contributed by atoms with Crippen LogP contribution in [0.1, 0.15) is 58.1 Å². The van der Waals surface area contributed by atoms with Gasteiger partial charge in [0.2, 0.25) is 0 Å². The second-order valence-corrected chi connectivity index (χ2v) is 6.40. The van der Waals surface area contributed by atoms with Crippen molar-refractivity contribution < 1.29 is 9.90 Å². The maximum atomic E-state index is 11.2. The van der Waals surface area contributed by atoms with Gasteiger partial charge in [0.1, 0.15) is 0 Å². The lowest BCUT2D eigenvalue weighted by Gasteiger charge is -2.41. The summed E-state index contributed by atoms with van der Waals surface area (Å²) in [5.41, 5.74) is 7.26. The van der Waals surface area contributed by atoms with Crippen molar-refractivity contribution in [2.24, 2.45) is 5.73 Å². The largest absolute Gasteiger partial charge is 0.481 e. The normalized spacial score (nSPS) is 15.3. The van der Waals surface area contributed by atoms with Crippen LogP contribution in [0.5, 0.6) is 0 Å². The Morgan fingerprint density at radius 1 is 1.21 bits per heavy atom. The highest BCUT2D eigenvalue weighted by molar-refractivity contribution is 5.69. The molecular weight excluding hydrogens is 238 g/mol. The number of aliphatic carboxylic acids is 1. The third-order valence-corrected chi connectivity index (χ3v) is 4.14. The van der Waals surface area contributed by atoms with Gasteiger partial charge in [0, 0.05) is 11.0 Å². The van der Waals surface area contributed by atoms with E-state index in [9.17, 15) is 4.79 Å². The van der Waals surface area contributed by atoms with Crippen molar-refractivity contribution in [3.8, 4) is 0 Å². The van der Waals surface area contributed by atoms with Gasteiger partial charge in [-0.25, -0.2) is 0 Å². The van der Waals surface area contributed by atoms with Gasteiger partial charge in [-0.15, -0.1) is 0 Å². The molecule has 0 bridgehead atoms. The molecular formula is C16H25NO2. The van der Waals surface area contributed by atoms with Gasteiger partial charge in [0.05, 0.1) is 6.42 Å². The zero-order valence-corrected chi connectivity index (χ0v) is 12.5. The van der Waals surface area contributed by atoms with Crippen LogP contribution in [0.25, 0.3) is 0 Å². The molecule has 0 aliphatic rings. The SMILES string of the molecule is CC(C)c1ccc(C(C)(CC(=O)O)C(C)(C)N)cc1. The first-order valence-corrected chi connectivity index (χ1v) is 6.69. The number of hydrogen-bond donors (Lipinski definition) is 2. The number of carboxylic acids is 1. The molecule has 0 aliphatic heterocycles. The Kier molecular flexibility index (Phi) is 4.41. The van der Waals surface area contributed by atoms with Crippen LogP contribution in [0.3, 0.4) is 0 Å². The molecule has 3 heteroatoms. The minimum Gasteiger partial charge on any atom is -0.481 e. The molecule has 1 aromatic rings. The molecule has 1 unspecified atom stereocenters. The summed E-state index contributed by atoms with van der Waals surface area (Å²) in [5, 5.41) is 9.16. The van der Waals surface area contributed by atoms with Gasteiger partial charge >= 0.3 is 5.97 Å². The molecule has 0 saturated carbocycles. The Morgan fingerprint density at radius 2 is 1.68 bits per heavy atom. The second kappa shape index (κ2) is 5.33. The first-order chi connectivity index (χ1) is 8.58. The molecule has 1 aromatic carbocycles. The first kappa shape index (κ1) is 15.7. The molecule has 106 valence electrons. The lowest BCUT2D eigenvalue weighted by atomic mass is 9.66. The van der Waals surface area contributed by atoms with Crippen molar-refractivity contribution in [1.29, 1.82) is 0 Å². The molecule has 0 aliphatic carbocycles. The second-order valence-electron chi connectivity index (χ2n) is 6.40. The van der Waals surface area contributed by atoms with E-state index >= 15 is 0 Å². The Bertz CT molecular complexity index is 443. The smallest absolute Gasteiger partial charge is 0.304 e. The summed E-state index contributed by atoms with van der Waals surface area (Å²) in [6.07, 6.45) is 0.0253. The van der Waals surface area contributed by atoms with Gasteiger partial charge in [-0.3, -0.25) is 4.79 Å². The number of rotatable bonds is 5. The molecule has 3 nitrogen and oxygen atoms in total. The molecule has 0 saturated heterocycles. The highest BCUT2D eigenvalue weighted by Crippen LogP contribution is 2.37. The molecule has 1 rings (SSSR count). The zero-order chi connectivity index (χ0) is 14.8. The van der Waals surface area contributed by atoms with E-state index in [0.717, 1.165) is 5.56 Å². The number of hydrogen-bond acceptors (Lipinski definition) is 2. The molecule has 19 heavy (non-hydrogen) atoms. The number of benzene rings is 1. The van der Waals surface area contributed by atoms with Crippen molar-refractivity contribution in [3.63, 3.8) is 0 Å². The topological polar surface area (TPSA) is 63.3 Å². The Morgan fingerprint density at radius 3 is 2.00 bits per heavy atom. The van der Waals surface area contributed by atoms with E-state index in [1.54, 1.807) is 0 Å². The first-order valence-electron chi connectivity index (χ1n) is 6.69. The summed E-state index contributed by atoms with van der Waals surface area (Å²) in [6.45, 7) is 9.96. The van der Waals surface area contributed by atoms with Gasteiger partial charge in [-0.05, 0) is 30.9 Å². The van der Waals surface area contributed by atoms with E-state index < -0.39 is 16.9 Å². The van der Waals surface area contributed by atoms with Crippen molar-refractivity contribution in [3.05, 3.63) is 35.4 Å². The van der Waals surface area contributed by atoms with Gasteiger partial charge in [-0.1, -0.05) is 45.0 Å². The summed E-state index contributed by atoms with van der Waals surface area (Å²) in [7, 11) is 0. The van der Waals surface area contributed by atoms with Crippen molar-refractivity contribution in [2.75, 3.05) is 0 Å². The van der Waals surface area contributed by atoms with Gasteiger partial charge in [0.15, 0.2) is 0 Å². The Hall–Kier alpha value is -1.35. The van der Waals surface area contributed by atoms with Crippen LogP contribution in [0.2, 0.25) is 0 Å². The maximum Gasteiger partial charge on any atom is 0.304 e. The van der Waals surface area contributed by atoms with Crippen LogP contribution in [0, 0.1) is 0 Å². The van der Waals surface area contributed by atoms with Gasteiger partial charge < -0.3 is 10.8 Å². The summed E-state index contributed by atoms with van der Waals surface area (Å²) in [5.74, 6) is -0.361. The van der Waals surface area contributed by atoms with E-state index in [0.29, 0.717) is 5.92 Å².